The average molecular weight is 457 g/mol. The van der Waals surface area contributed by atoms with Gasteiger partial charge in [-0.25, -0.2) is 4.79 Å². The van der Waals surface area contributed by atoms with Crippen molar-refractivity contribution in [2.75, 3.05) is 18.5 Å². The van der Waals surface area contributed by atoms with Gasteiger partial charge in [0.05, 0.1) is 16.8 Å². The number of carbonyl (C=O) groups is 5. The zero-order valence-corrected chi connectivity index (χ0v) is 18.1. The first-order valence-electron chi connectivity index (χ1n) is 10.4. The molecule has 34 heavy (non-hydrogen) atoms. The van der Waals surface area contributed by atoms with Crippen LogP contribution in [0.3, 0.4) is 0 Å². The van der Waals surface area contributed by atoms with Gasteiger partial charge in [0, 0.05) is 29.2 Å². The lowest BCUT2D eigenvalue weighted by atomic mass is 9.83. The highest BCUT2D eigenvalue weighted by atomic mass is 16.6. The van der Waals surface area contributed by atoms with Crippen LogP contribution in [-0.4, -0.2) is 42.6 Å². The van der Waals surface area contributed by atoms with E-state index in [9.17, 15) is 24.0 Å². The lowest BCUT2D eigenvalue weighted by Crippen LogP contribution is -2.24. The number of ketones is 2. The van der Waals surface area contributed by atoms with Crippen LogP contribution in [0.4, 0.5) is 5.69 Å². The van der Waals surface area contributed by atoms with E-state index >= 15 is 0 Å². The van der Waals surface area contributed by atoms with E-state index in [1.165, 1.54) is 31.2 Å². The van der Waals surface area contributed by atoms with Gasteiger partial charge in [-0.1, -0.05) is 36.4 Å². The zero-order chi connectivity index (χ0) is 24.2. The Hall–Kier alpha value is -4.59. The third kappa shape index (κ3) is 4.47. The Bertz CT molecular complexity index is 1330. The number of esters is 2. The summed E-state index contributed by atoms with van der Waals surface area (Å²) in [6.45, 7) is 1.12. The predicted molar refractivity (Wildman–Crippen MR) is 121 cm³/mol. The van der Waals surface area contributed by atoms with Crippen LogP contribution < -0.4 is 5.32 Å². The molecule has 0 atom stereocenters. The lowest BCUT2D eigenvalue weighted by molar-refractivity contribution is -0.142. The minimum atomic E-state index is -0.626. The Morgan fingerprint density at radius 1 is 0.706 bits per heavy atom. The van der Waals surface area contributed by atoms with Crippen LogP contribution in [0.15, 0.2) is 66.7 Å². The van der Waals surface area contributed by atoms with Crippen LogP contribution in [0.25, 0.3) is 0 Å². The minimum Gasteiger partial charge on any atom is -0.462 e. The van der Waals surface area contributed by atoms with Gasteiger partial charge in [0.1, 0.15) is 13.2 Å². The van der Waals surface area contributed by atoms with Crippen LogP contribution in [0, 0.1) is 0 Å². The summed E-state index contributed by atoms with van der Waals surface area (Å²) in [5.41, 5.74) is 1.68. The zero-order valence-electron chi connectivity index (χ0n) is 18.1. The number of amides is 1. The van der Waals surface area contributed by atoms with Crippen molar-refractivity contribution in [1.82, 2.24) is 0 Å². The van der Waals surface area contributed by atoms with Crippen molar-refractivity contribution in [2.45, 2.75) is 6.92 Å². The highest BCUT2D eigenvalue weighted by Gasteiger charge is 2.31. The molecule has 3 aromatic carbocycles. The molecule has 0 unspecified atom stereocenters. The maximum absolute atomic E-state index is 13.1. The molecule has 0 aromatic heterocycles. The Balaban J connectivity index is 1.49. The molecule has 0 bridgehead atoms. The molecule has 0 aliphatic heterocycles. The monoisotopic (exact) mass is 457 g/mol. The van der Waals surface area contributed by atoms with E-state index in [4.69, 9.17) is 9.47 Å². The van der Waals surface area contributed by atoms with Crippen LogP contribution >= 0.6 is 0 Å². The molecular formula is C26H19NO7. The quantitative estimate of drug-likeness (QED) is 0.348. The van der Waals surface area contributed by atoms with Crippen LogP contribution in [0.1, 0.15) is 59.5 Å². The molecule has 1 N–H and O–H groups in total. The van der Waals surface area contributed by atoms with E-state index in [0.29, 0.717) is 11.1 Å². The van der Waals surface area contributed by atoms with Gasteiger partial charge in [0.2, 0.25) is 0 Å². The normalized spacial score (nSPS) is 11.8. The first kappa shape index (κ1) is 22.6. The second-order valence-electron chi connectivity index (χ2n) is 7.44. The molecule has 0 fully saturated rings. The highest BCUT2D eigenvalue weighted by molar-refractivity contribution is 6.30. The predicted octanol–water partition coefficient (Wildman–Crippen LogP) is 3.43. The summed E-state index contributed by atoms with van der Waals surface area (Å²) in [6.07, 6.45) is 0. The Kier molecular flexibility index (Phi) is 6.31. The molecular weight excluding hydrogens is 438 g/mol. The molecule has 0 saturated carbocycles. The first-order chi connectivity index (χ1) is 16.4. The van der Waals surface area contributed by atoms with Gasteiger partial charge in [-0.3, -0.25) is 19.2 Å². The van der Waals surface area contributed by atoms with Gasteiger partial charge in [0.15, 0.2) is 11.6 Å². The van der Waals surface area contributed by atoms with E-state index in [0.717, 1.165) is 0 Å². The van der Waals surface area contributed by atoms with Gasteiger partial charge in [-0.2, -0.15) is 0 Å². The molecule has 8 nitrogen and oxygen atoms in total. The average Bonchev–Trinajstić information content (AvgIpc) is 2.85. The van der Waals surface area contributed by atoms with Crippen LogP contribution in [0.2, 0.25) is 0 Å². The second kappa shape index (κ2) is 9.50. The minimum absolute atomic E-state index is 0.0470. The van der Waals surface area contributed by atoms with E-state index < -0.39 is 17.8 Å². The van der Waals surface area contributed by atoms with Gasteiger partial charge in [-0.15, -0.1) is 0 Å². The fourth-order valence-electron chi connectivity index (χ4n) is 3.60. The number of hydrogen-bond donors (Lipinski definition) is 1. The first-order valence-corrected chi connectivity index (χ1v) is 10.4. The number of hydrogen-bond acceptors (Lipinski definition) is 7. The van der Waals surface area contributed by atoms with Gasteiger partial charge in [0.25, 0.3) is 5.91 Å². The maximum Gasteiger partial charge on any atom is 0.338 e. The third-order valence-corrected chi connectivity index (χ3v) is 5.21. The molecule has 0 radical (unpaired) electrons. The fourth-order valence-corrected chi connectivity index (χ4v) is 3.60. The third-order valence-electron chi connectivity index (χ3n) is 5.21. The van der Waals surface area contributed by atoms with Crippen molar-refractivity contribution in [2.24, 2.45) is 0 Å². The van der Waals surface area contributed by atoms with E-state index in [2.05, 4.69) is 5.32 Å². The summed E-state index contributed by atoms with van der Waals surface area (Å²) < 4.78 is 9.70. The fraction of sp³-hybridized carbons (Fsp3) is 0.115. The standard InChI is InChI=1S/C26H19NO7/c1-15(28)33-13-14-34-26(32)17-11-9-16(10-12-17)25(31)27-21-8-4-7-20-22(21)24(30)19-6-3-2-5-18(19)23(20)29/h2-12H,13-14H2,1H3,(H,27,31). The van der Waals surface area contributed by atoms with Crippen LogP contribution in [-0.2, 0) is 14.3 Å². The number of nitrogens with one attached hydrogen (secondary N) is 1. The molecule has 1 aliphatic carbocycles. The smallest absolute Gasteiger partial charge is 0.338 e. The van der Waals surface area contributed by atoms with Gasteiger partial charge in [-0.05, 0) is 30.3 Å². The Morgan fingerprint density at radius 2 is 1.29 bits per heavy atom. The highest BCUT2D eigenvalue weighted by Crippen LogP contribution is 2.32. The van der Waals surface area contributed by atoms with Crippen molar-refractivity contribution in [1.29, 1.82) is 0 Å². The Morgan fingerprint density at radius 3 is 1.97 bits per heavy atom. The summed E-state index contributed by atoms with van der Waals surface area (Å²) in [6, 6.07) is 17.0. The Labute approximate surface area is 194 Å². The molecule has 4 rings (SSSR count). The topological polar surface area (TPSA) is 116 Å². The largest absolute Gasteiger partial charge is 0.462 e. The summed E-state index contributed by atoms with van der Waals surface area (Å²) in [5.74, 6) is -2.23. The van der Waals surface area contributed by atoms with Crippen molar-refractivity contribution in [3.63, 3.8) is 0 Å². The van der Waals surface area contributed by atoms with Crippen molar-refractivity contribution >= 4 is 35.1 Å². The number of carbonyl (C=O) groups excluding carboxylic acids is 5. The second-order valence-corrected chi connectivity index (χ2v) is 7.44. The molecule has 8 heteroatoms. The lowest BCUT2D eigenvalue weighted by Gasteiger charge is -2.20. The van der Waals surface area contributed by atoms with Gasteiger partial charge < -0.3 is 14.8 Å². The summed E-state index contributed by atoms with van der Waals surface area (Å²) >= 11 is 0. The molecule has 3 aromatic rings. The van der Waals surface area contributed by atoms with Crippen molar-refractivity contribution < 1.29 is 33.4 Å². The van der Waals surface area contributed by atoms with E-state index in [1.807, 2.05) is 0 Å². The maximum atomic E-state index is 13.1. The molecule has 1 aliphatic rings. The number of benzene rings is 3. The molecule has 170 valence electrons. The number of rotatable bonds is 6. The summed E-state index contributed by atoms with van der Waals surface area (Å²) in [5, 5.41) is 2.69. The number of ether oxygens (including phenoxy) is 2. The SMILES string of the molecule is CC(=O)OCCOC(=O)c1ccc(C(=O)Nc2cccc3c2C(=O)c2ccccc2C3=O)cc1. The summed E-state index contributed by atoms with van der Waals surface area (Å²) in [4.78, 5) is 61.5. The molecule has 0 heterocycles. The molecule has 0 saturated heterocycles. The van der Waals surface area contributed by atoms with Crippen molar-refractivity contribution in [3.8, 4) is 0 Å². The number of fused-ring (bicyclic) bond motifs is 2. The van der Waals surface area contributed by atoms with Crippen molar-refractivity contribution in [3.05, 3.63) is 100 Å². The summed E-state index contributed by atoms with van der Waals surface area (Å²) in [7, 11) is 0. The van der Waals surface area contributed by atoms with Gasteiger partial charge >= 0.3 is 11.9 Å². The van der Waals surface area contributed by atoms with Crippen LogP contribution in [0.5, 0.6) is 0 Å². The molecule has 0 spiro atoms. The van der Waals surface area contributed by atoms with E-state index in [-0.39, 0.29) is 52.7 Å². The van der Waals surface area contributed by atoms with E-state index in [1.54, 1.807) is 42.5 Å². The number of anilines is 1. The molecule has 1 amide bonds.